The zero-order valence-corrected chi connectivity index (χ0v) is 17.5. The normalized spacial score (nSPS) is 15.1. The maximum atomic E-state index is 12.7. The van der Waals surface area contributed by atoms with Crippen LogP contribution in [0.5, 0.6) is 5.75 Å². The quantitative estimate of drug-likeness (QED) is 0.435. The average molecular weight is 436 g/mol. The largest absolute Gasteiger partial charge is 0.489 e. The Labute approximate surface area is 184 Å². The van der Waals surface area contributed by atoms with Gasteiger partial charge in [0.25, 0.3) is 11.1 Å². The van der Waals surface area contributed by atoms with E-state index in [-0.39, 0.29) is 17.7 Å². The monoisotopic (exact) mass is 435 g/mol. The summed E-state index contributed by atoms with van der Waals surface area (Å²) in [7, 11) is 0. The number of carbonyl (C=O) groups excluding carboxylic acids is 2. The number of benzene rings is 3. The molecule has 150 valence electrons. The van der Waals surface area contributed by atoms with E-state index >= 15 is 0 Å². The number of hydrogen-bond donors (Lipinski definition) is 0. The molecule has 0 atom stereocenters. The molecular formula is C24H18ClNO3S. The average Bonchev–Trinajstić information content (AvgIpc) is 3.03. The molecule has 4 rings (SSSR count). The molecule has 6 heteroatoms. The first kappa shape index (κ1) is 20.3. The summed E-state index contributed by atoms with van der Waals surface area (Å²) < 4.78 is 5.78. The summed E-state index contributed by atoms with van der Waals surface area (Å²) in [5.74, 6) is 0.455. The smallest absolute Gasteiger partial charge is 0.293 e. The molecule has 0 aliphatic carbocycles. The van der Waals surface area contributed by atoms with Gasteiger partial charge in [0.2, 0.25) is 0 Å². The second-order valence-corrected chi connectivity index (χ2v) is 8.17. The van der Waals surface area contributed by atoms with Gasteiger partial charge in [0.1, 0.15) is 12.4 Å². The molecule has 1 aliphatic rings. The maximum Gasteiger partial charge on any atom is 0.293 e. The third-order valence-electron chi connectivity index (χ3n) is 4.55. The van der Waals surface area contributed by atoms with Crippen molar-refractivity contribution in [2.75, 3.05) is 0 Å². The van der Waals surface area contributed by atoms with Crippen molar-refractivity contribution >= 4 is 40.6 Å². The Bertz CT molecular complexity index is 1080. The lowest BCUT2D eigenvalue weighted by Gasteiger charge is -2.12. The van der Waals surface area contributed by atoms with Crippen LogP contribution in [0.1, 0.15) is 16.7 Å². The number of halogens is 1. The molecule has 0 N–H and O–H groups in total. The van der Waals surface area contributed by atoms with Crippen molar-refractivity contribution in [3.63, 3.8) is 0 Å². The number of amides is 2. The van der Waals surface area contributed by atoms with Gasteiger partial charge >= 0.3 is 0 Å². The van der Waals surface area contributed by atoms with Crippen molar-refractivity contribution in [2.45, 2.75) is 13.2 Å². The molecule has 0 radical (unpaired) electrons. The molecule has 0 aromatic heterocycles. The SMILES string of the molecule is O=C1S/C(=C\c2ccc(OCc3ccccc3)cc2)C(=O)N1Cc1ccc(Cl)cc1. The summed E-state index contributed by atoms with van der Waals surface area (Å²) >= 11 is 6.84. The Morgan fingerprint density at radius 2 is 1.57 bits per heavy atom. The van der Waals surface area contributed by atoms with Crippen LogP contribution in [-0.2, 0) is 17.9 Å². The van der Waals surface area contributed by atoms with Crippen LogP contribution in [0.3, 0.4) is 0 Å². The summed E-state index contributed by atoms with van der Waals surface area (Å²) in [6, 6.07) is 24.5. The third-order valence-corrected chi connectivity index (χ3v) is 5.71. The molecule has 4 nitrogen and oxygen atoms in total. The van der Waals surface area contributed by atoms with E-state index in [1.54, 1.807) is 18.2 Å². The molecule has 2 amide bonds. The Hall–Kier alpha value is -3.02. The van der Waals surface area contributed by atoms with Crippen molar-refractivity contribution in [3.8, 4) is 5.75 Å². The molecule has 1 fully saturated rings. The van der Waals surface area contributed by atoms with Crippen molar-refractivity contribution < 1.29 is 14.3 Å². The molecule has 0 saturated carbocycles. The molecule has 1 saturated heterocycles. The summed E-state index contributed by atoms with van der Waals surface area (Å²) in [6.07, 6.45) is 1.73. The van der Waals surface area contributed by atoms with Crippen molar-refractivity contribution in [3.05, 3.63) is 105 Å². The number of imide groups is 1. The summed E-state index contributed by atoms with van der Waals surface area (Å²) in [5.41, 5.74) is 2.78. The van der Waals surface area contributed by atoms with Crippen LogP contribution in [0.25, 0.3) is 6.08 Å². The van der Waals surface area contributed by atoms with Gasteiger partial charge in [0.05, 0.1) is 11.4 Å². The first-order valence-electron chi connectivity index (χ1n) is 9.35. The Morgan fingerprint density at radius 1 is 0.867 bits per heavy atom. The minimum Gasteiger partial charge on any atom is -0.489 e. The van der Waals surface area contributed by atoms with Crippen LogP contribution in [0.2, 0.25) is 5.02 Å². The van der Waals surface area contributed by atoms with Crippen molar-refractivity contribution in [1.29, 1.82) is 0 Å². The fourth-order valence-corrected chi connectivity index (χ4v) is 3.93. The molecule has 30 heavy (non-hydrogen) atoms. The van der Waals surface area contributed by atoms with Crippen LogP contribution < -0.4 is 4.74 Å². The molecular weight excluding hydrogens is 418 g/mol. The molecule has 3 aromatic rings. The number of rotatable bonds is 6. The highest BCUT2D eigenvalue weighted by Crippen LogP contribution is 2.33. The minimum atomic E-state index is -0.288. The van der Waals surface area contributed by atoms with E-state index in [4.69, 9.17) is 16.3 Å². The predicted octanol–water partition coefficient (Wildman–Crippen LogP) is 6.16. The van der Waals surface area contributed by atoms with E-state index in [0.717, 1.165) is 34.2 Å². The third kappa shape index (κ3) is 4.93. The van der Waals surface area contributed by atoms with E-state index in [1.807, 2.05) is 66.7 Å². The van der Waals surface area contributed by atoms with Gasteiger partial charge in [0, 0.05) is 5.02 Å². The number of hydrogen-bond acceptors (Lipinski definition) is 4. The summed E-state index contributed by atoms with van der Waals surface area (Å²) in [5, 5.41) is 0.341. The van der Waals surface area contributed by atoms with E-state index in [1.165, 1.54) is 4.90 Å². The fourth-order valence-electron chi connectivity index (χ4n) is 2.96. The lowest BCUT2D eigenvalue weighted by Crippen LogP contribution is -2.27. The second kappa shape index (κ2) is 9.20. The summed E-state index contributed by atoms with van der Waals surface area (Å²) in [4.78, 5) is 26.7. The van der Waals surface area contributed by atoms with E-state index in [2.05, 4.69) is 0 Å². The first-order chi connectivity index (χ1) is 14.6. The Kier molecular flexibility index (Phi) is 6.21. The molecule has 0 spiro atoms. The maximum absolute atomic E-state index is 12.7. The molecule has 0 bridgehead atoms. The van der Waals surface area contributed by atoms with Crippen LogP contribution in [0, 0.1) is 0 Å². The fraction of sp³-hybridized carbons (Fsp3) is 0.0833. The zero-order valence-electron chi connectivity index (χ0n) is 16.0. The second-order valence-electron chi connectivity index (χ2n) is 6.74. The topological polar surface area (TPSA) is 46.6 Å². The number of ether oxygens (including phenoxy) is 1. The predicted molar refractivity (Wildman–Crippen MR) is 120 cm³/mol. The first-order valence-corrected chi connectivity index (χ1v) is 10.5. The van der Waals surface area contributed by atoms with Crippen LogP contribution in [0.4, 0.5) is 4.79 Å². The van der Waals surface area contributed by atoms with Gasteiger partial charge < -0.3 is 4.74 Å². The lowest BCUT2D eigenvalue weighted by molar-refractivity contribution is -0.123. The van der Waals surface area contributed by atoms with E-state index in [0.29, 0.717) is 16.5 Å². The van der Waals surface area contributed by atoms with Crippen LogP contribution >= 0.6 is 23.4 Å². The summed E-state index contributed by atoms with van der Waals surface area (Å²) in [6.45, 7) is 0.717. The van der Waals surface area contributed by atoms with Gasteiger partial charge in [-0.05, 0) is 58.8 Å². The molecule has 0 unspecified atom stereocenters. The molecule has 1 heterocycles. The standard InChI is InChI=1S/C24H18ClNO3S/c25-20-10-6-18(7-11-20)15-26-23(27)22(30-24(26)28)14-17-8-12-21(13-9-17)29-16-19-4-2-1-3-5-19/h1-14H,15-16H2/b22-14-. The van der Waals surface area contributed by atoms with Crippen molar-refractivity contribution in [1.82, 2.24) is 4.90 Å². The van der Waals surface area contributed by atoms with Gasteiger partial charge in [-0.15, -0.1) is 0 Å². The van der Waals surface area contributed by atoms with Gasteiger partial charge in [-0.3, -0.25) is 14.5 Å². The highest BCUT2D eigenvalue weighted by Gasteiger charge is 2.34. The number of thioether (sulfide) groups is 1. The van der Waals surface area contributed by atoms with Gasteiger partial charge in [-0.25, -0.2) is 0 Å². The van der Waals surface area contributed by atoms with Crippen molar-refractivity contribution in [2.24, 2.45) is 0 Å². The number of nitrogens with zero attached hydrogens (tertiary/aromatic N) is 1. The lowest BCUT2D eigenvalue weighted by atomic mass is 10.2. The highest BCUT2D eigenvalue weighted by molar-refractivity contribution is 8.18. The minimum absolute atomic E-state index is 0.228. The Balaban J connectivity index is 1.41. The van der Waals surface area contributed by atoms with E-state index < -0.39 is 0 Å². The van der Waals surface area contributed by atoms with Gasteiger partial charge in [-0.1, -0.05) is 66.2 Å². The van der Waals surface area contributed by atoms with Crippen LogP contribution in [0.15, 0.2) is 83.8 Å². The Morgan fingerprint density at radius 3 is 2.27 bits per heavy atom. The molecule has 1 aliphatic heterocycles. The molecule has 3 aromatic carbocycles. The van der Waals surface area contributed by atoms with E-state index in [9.17, 15) is 9.59 Å². The van der Waals surface area contributed by atoms with Gasteiger partial charge in [-0.2, -0.15) is 0 Å². The van der Waals surface area contributed by atoms with Gasteiger partial charge in [0.15, 0.2) is 0 Å². The zero-order chi connectivity index (χ0) is 20.9. The highest BCUT2D eigenvalue weighted by atomic mass is 35.5. The van der Waals surface area contributed by atoms with Crippen LogP contribution in [-0.4, -0.2) is 16.0 Å². The number of carbonyl (C=O) groups is 2.